The Balaban J connectivity index is 1.55. The minimum atomic E-state index is -0.282. The molecule has 1 aliphatic rings. The summed E-state index contributed by atoms with van der Waals surface area (Å²) in [6, 6.07) is 13.9. The van der Waals surface area contributed by atoms with E-state index in [0.717, 1.165) is 22.4 Å². The average Bonchev–Trinajstić information content (AvgIpc) is 3.06. The molecule has 3 aromatic rings. The first kappa shape index (κ1) is 18.4. The van der Waals surface area contributed by atoms with Gasteiger partial charge in [0.25, 0.3) is 5.91 Å². The standard InChI is InChI=1S/C22H22FN3O2/c1-15-20(13-25(2)24-15)17-4-3-5-18(12-17)22(27)26-10-11-28-21(14-26)16-6-8-19(23)9-7-16/h3-9,12-13,21H,10-11,14H2,1-2H3/t21-/m1/s1. The first-order valence-electron chi connectivity index (χ1n) is 9.28. The molecule has 2 aromatic carbocycles. The maximum absolute atomic E-state index is 13.2. The van der Waals surface area contributed by atoms with Gasteiger partial charge in [0.1, 0.15) is 11.9 Å². The van der Waals surface area contributed by atoms with Gasteiger partial charge in [-0.05, 0) is 42.3 Å². The molecule has 144 valence electrons. The lowest BCUT2D eigenvalue weighted by Gasteiger charge is -2.33. The van der Waals surface area contributed by atoms with Crippen LogP contribution in [-0.2, 0) is 11.8 Å². The predicted molar refractivity (Wildman–Crippen MR) is 104 cm³/mol. The summed E-state index contributed by atoms with van der Waals surface area (Å²) in [6.45, 7) is 3.39. The van der Waals surface area contributed by atoms with Crippen molar-refractivity contribution in [1.82, 2.24) is 14.7 Å². The molecule has 0 saturated carbocycles. The van der Waals surface area contributed by atoms with Crippen molar-refractivity contribution < 1.29 is 13.9 Å². The molecule has 1 aromatic heterocycles. The van der Waals surface area contributed by atoms with Gasteiger partial charge in [-0.15, -0.1) is 0 Å². The number of hydrogen-bond donors (Lipinski definition) is 0. The molecule has 2 heterocycles. The third-order valence-corrected chi connectivity index (χ3v) is 5.03. The Labute approximate surface area is 163 Å². The summed E-state index contributed by atoms with van der Waals surface area (Å²) in [5, 5.41) is 4.38. The topological polar surface area (TPSA) is 47.4 Å². The molecular formula is C22H22FN3O2. The van der Waals surface area contributed by atoms with Crippen LogP contribution in [-0.4, -0.2) is 40.3 Å². The van der Waals surface area contributed by atoms with Gasteiger partial charge >= 0.3 is 0 Å². The van der Waals surface area contributed by atoms with E-state index in [4.69, 9.17) is 4.74 Å². The number of morpholine rings is 1. The molecule has 28 heavy (non-hydrogen) atoms. The van der Waals surface area contributed by atoms with Crippen molar-refractivity contribution in [2.75, 3.05) is 19.7 Å². The highest BCUT2D eigenvalue weighted by Crippen LogP contribution is 2.26. The molecule has 1 fully saturated rings. The molecule has 1 saturated heterocycles. The SMILES string of the molecule is Cc1nn(C)cc1-c1cccc(C(=O)N2CCO[C@@H](c3ccc(F)cc3)C2)c1. The van der Waals surface area contributed by atoms with E-state index in [2.05, 4.69) is 5.10 Å². The fraction of sp³-hybridized carbons (Fsp3) is 0.273. The van der Waals surface area contributed by atoms with Crippen molar-refractivity contribution in [2.24, 2.45) is 7.05 Å². The molecule has 0 spiro atoms. The molecule has 6 heteroatoms. The van der Waals surface area contributed by atoms with Gasteiger partial charge in [0.15, 0.2) is 0 Å². The van der Waals surface area contributed by atoms with Crippen LogP contribution in [0.5, 0.6) is 0 Å². The van der Waals surface area contributed by atoms with Gasteiger partial charge in [-0.1, -0.05) is 24.3 Å². The number of aromatic nitrogens is 2. The normalized spacial score (nSPS) is 17.0. The second kappa shape index (κ2) is 7.56. The first-order valence-corrected chi connectivity index (χ1v) is 9.28. The van der Waals surface area contributed by atoms with Crippen molar-refractivity contribution in [3.8, 4) is 11.1 Å². The zero-order valence-electron chi connectivity index (χ0n) is 15.9. The number of aryl methyl sites for hydroxylation is 2. The van der Waals surface area contributed by atoms with Crippen molar-refractivity contribution in [3.05, 3.63) is 77.4 Å². The Morgan fingerprint density at radius 2 is 2.00 bits per heavy atom. The highest BCUT2D eigenvalue weighted by Gasteiger charge is 2.26. The van der Waals surface area contributed by atoms with E-state index >= 15 is 0 Å². The Bertz CT molecular complexity index is 997. The van der Waals surface area contributed by atoms with Gasteiger partial charge in [-0.3, -0.25) is 9.48 Å². The third-order valence-electron chi connectivity index (χ3n) is 5.03. The number of carbonyl (C=O) groups is 1. The summed E-state index contributed by atoms with van der Waals surface area (Å²) < 4.78 is 20.8. The summed E-state index contributed by atoms with van der Waals surface area (Å²) in [6.07, 6.45) is 1.71. The molecule has 0 N–H and O–H groups in total. The summed E-state index contributed by atoms with van der Waals surface area (Å²) in [4.78, 5) is 14.9. The van der Waals surface area contributed by atoms with Crippen LogP contribution in [0.4, 0.5) is 4.39 Å². The number of ether oxygens (including phenoxy) is 1. The fourth-order valence-corrected chi connectivity index (χ4v) is 3.60. The Morgan fingerprint density at radius 3 is 2.71 bits per heavy atom. The van der Waals surface area contributed by atoms with E-state index in [-0.39, 0.29) is 17.8 Å². The minimum absolute atomic E-state index is 0.0289. The van der Waals surface area contributed by atoms with E-state index in [1.165, 1.54) is 12.1 Å². The molecular weight excluding hydrogens is 357 g/mol. The van der Waals surface area contributed by atoms with Gasteiger partial charge in [0.05, 0.1) is 18.8 Å². The zero-order valence-corrected chi connectivity index (χ0v) is 15.9. The number of halogens is 1. The smallest absolute Gasteiger partial charge is 0.254 e. The summed E-state index contributed by atoms with van der Waals surface area (Å²) in [7, 11) is 1.88. The lowest BCUT2D eigenvalue weighted by atomic mass is 10.0. The number of rotatable bonds is 3. The van der Waals surface area contributed by atoms with Crippen LogP contribution in [0.3, 0.4) is 0 Å². The highest BCUT2D eigenvalue weighted by molar-refractivity contribution is 5.95. The zero-order chi connectivity index (χ0) is 19.7. The number of amides is 1. The molecule has 0 aliphatic carbocycles. The van der Waals surface area contributed by atoms with Gasteiger partial charge in [-0.2, -0.15) is 5.10 Å². The van der Waals surface area contributed by atoms with Crippen LogP contribution in [0.2, 0.25) is 0 Å². The summed E-state index contributed by atoms with van der Waals surface area (Å²) in [5.74, 6) is -0.311. The van der Waals surface area contributed by atoms with Crippen LogP contribution in [0, 0.1) is 12.7 Å². The van der Waals surface area contributed by atoms with Gasteiger partial charge in [0, 0.05) is 30.9 Å². The van der Waals surface area contributed by atoms with E-state index in [1.807, 2.05) is 44.4 Å². The van der Waals surface area contributed by atoms with Gasteiger partial charge < -0.3 is 9.64 Å². The van der Waals surface area contributed by atoms with Crippen LogP contribution >= 0.6 is 0 Å². The van der Waals surface area contributed by atoms with E-state index < -0.39 is 0 Å². The molecule has 5 nitrogen and oxygen atoms in total. The average molecular weight is 379 g/mol. The lowest BCUT2D eigenvalue weighted by molar-refractivity contribution is -0.0228. The Morgan fingerprint density at radius 1 is 1.21 bits per heavy atom. The summed E-state index contributed by atoms with van der Waals surface area (Å²) >= 11 is 0. The lowest BCUT2D eigenvalue weighted by Crippen LogP contribution is -2.42. The number of carbonyl (C=O) groups excluding carboxylic acids is 1. The molecule has 0 bridgehead atoms. The highest BCUT2D eigenvalue weighted by atomic mass is 19.1. The number of benzene rings is 2. The second-order valence-electron chi connectivity index (χ2n) is 7.04. The van der Waals surface area contributed by atoms with Crippen LogP contribution in [0.1, 0.15) is 27.7 Å². The van der Waals surface area contributed by atoms with Crippen LogP contribution in [0.15, 0.2) is 54.7 Å². The molecule has 0 radical (unpaired) electrons. The fourth-order valence-electron chi connectivity index (χ4n) is 3.60. The molecule has 0 unspecified atom stereocenters. The Kier molecular flexibility index (Phi) is 4.96. The molecule has 1 amide bonds. The number of hydrogen-bond acceptors (Lipinski definition) is 3. The van der Waals surface area contributed by atoms with Crippen molar-refractivity contribution in [1.29, 1.82) is 0 Å². The van der Waals surface area contributed by atoms with Crippen molar-refractivity contribution in [3.63, 3.8) is 0 Å². The first-order chi connectivity index (χ1) is 13.5. The van der Waals surface area contributed by atoms with E-state index in [1.54, 1.807) is 21.7 Å². The van der Waals surface area contributed by atoms with Gasteiger partial charge in [0.2, 0.25) is 0 Å². The maximum atomic E-state index is 13.2. The molecule has 1 atom stereocenters. The van der Waals surface area contributed by atoms with E-state index in [0.29, 0.717) is 25.3 Å². The largest absolute Gasteiger partial charge is 0.370 e. The van der Waals surface area contributed by atoms with Gasteiger partial charge in [-0.25, -0.2) is 4.39 Å². The Hall–Kier alpha value is -2.99. The van der Waals surface area contributed by atoms with E-state index in [9.17, 15) is 9.18 Å². The monoisotopic (exact) mass is 379 g/mol. The maximum Gasteiger partial charge on any atom is 0.254 e. The van der Waals surface area contributed by atoms with Crippen LogP contribution in [0.25, 0.3) is 11.1 Å². The van der Waals surface area contributed by atoms with Crippen LogP contribution < -0.4 is 0 Å². The number of nitrogens with zero attached hydrogens (tertiary/aromatic N) is 3. The molecule has 4 rings (SSSR count). The van der Waals surface area contributed by atoms with Crippen molar-refractivity contribution >= 4 is 5.91 Å². The predicted octanol–water partition coefficient (Wildman–Crippen LogP) is 3.75. The minimum Gasteiger partial charge on any atom is -0.370 e. The van der Waals surface area contributed by atoms with Crippen molar-refractivity contribution in [2.45, 2.75) is 13.0 Å². The third kappa shape index (κ3) is 3.68. The molecule has 1 aliphatic heterocycles. The quantitative estimate of drug-likeness (QED) is 0.696. The summed E-state index contributed by atoms with van der Waals surface area (Å²) in [5.41, 5.74) is 4.43. The second-order valence-corrected chi connectivity index (χ2v) is 7.04.